The number of anilines is 3. The molecule has 25 heavy (non-hydrogen) atoms. The lowest BCUT2D eigenvalue weighted by Crippen LogP contribution is -2.44. The Morgan fingerprint density at radius 1 is 1.24 bits per heavy atom. The summed E-state index contributed by atoms with van der Waals surface area (Å²) in [5.41, 5.74) is 0.703. The van der Waals surface area contributed by atoms with Gasteiger partial charge in [-0.3, -0.25) is 0 Å². The van der Waals surface area contributed by atoms with Gasteiger partial charge in [0.2, 0.25) is 5.28 Å². The zero-order valence-corrected chi connectivity index (χ0v) is 14.4. The van der Waals surface area contributed by atoms with E-state index in [1.807, 2.05) is 0 Å². The first-order chi connectivity index (χ1) is 12.1. The van der Waals surface area contributed by atoms with Crippen LogP contribution in [-0.4, -0.2) is 69.1 Å². The molecule has 0 amide bonds. The summed E-state index contributed by atoms with van der Waals surface area (Å²) in [6, 6.07) is 0.361. The van der Waals surface area contributed by atoms with E-state index in [0.29, 0.717) is 30.0 Å². The molecule has 4 rings (SSSR count). The summed E-state index contributed by atoms with van der Waals surface area (Å²) in [4.78, 5) is 10.3. The van der Waals surface area contributed by atoms with E-state index in [1.54, 1.807) is 4.90 Å². The van der Waals surface area contributed by atoms with Crippen LogP contribution in [0.2, 0.25) is 5.28 Å². The van der Waals surface area contributed by atoms with Crippen molar-refractivity contribution < 1.29 is 20.1 Å². The number of aromatic nitrogens is 2. The van der Waals surface area contributed by atoms with Gasteiger partial charge in [0.15, 0.2) is 17.9 Å². The summed E-state index contributed by atoms with van der Waals surface area (Å²) in [5, 5.41) is 36.2. The number of fused-ring (bicyclic) bond motifs is 1. The van der Waals surface area contributed by atoms with Crippen molar-refractivity contribution in [2.24, 2.45) is 0 Å². The van der Waals surface area contributed by atoms with Crippen LogP contribution in [0.1, 0.15) is 25.7 Å². The molecule has 138 valence electrons. The fourth-order valence-corrected chi connectivity index (χ4v) is 3.91. The van der Waals surface area contributed by atoms with Gasteiger partial charge in [0, 0.05) is 6.04 Å². The van der Waals surface area contributed by atoms with E-state index in [9.17, 15) is 15.3 Å². The second-order valence-corrected chi connectivity index (χ2v) is 7.04. The number of nitrogens with one attached hydrogen (secondary N) is 2. The lowest BCUT2D eigenvalue weighted by atomic mass is 10.1. The normalized spacial score (nSPS) is 32.1. The lowest BCUT2D eigenvalue weighted by Gasteiger charge is -2.26. The highest BCUT2D eigenvalue weighted by Crippen LogP contribution is 2.40. The van der Waals surface area contributed by atoms with Gasteiger partial charge in [-0.2, -0.15) is 9.97 Å². The highest BCUT2D eigenvalue weighted by Gasteiger charge is 2.47. The SMILES string of the molecule is OC[C@H]1O[C@@H](N2CNc3c(NC4CCCC4)nc(Cl)nc32)[C@H](O)[C@@H]1O. The monoisotopic (exact) mass is 371 g/mol. The van der Waals surface area contributed by atoms with Crippen molar-refractivity contribution in [3.63, 3.8) is 0 Å². The second kappa shape index (κ2) is 6.73. The van der Waals surface area contributed by atoms with Gasteiger partial charge in [0.1, 0.15) is 24.0 Å². The molecule has 0 aromatic carbocycles. The van der Waals surface area contributed by atoms with Crippen molar-refractivity contribution in [2.45, 2.75) is 56.3 Å². The van der Waals surface area contributed by atoms with Crippen LogP contribution in [0.5, 0.6) is 0 Å². The smallest absolute Gasteiger partial charge is 0.226 e. The Morgan fingerprint density at radius 2 is 2.00 bits per heavy atom. The van der Waals surface area contributed by atoms with Crippen LogP contribution in [0.4, 0.5) is 17.3 Å². The fourth-order valence-electron chi connectivity index (χ4n) is 3.75. The molecule has 9 nitrogen and oxygen atoms in total. The van der Waals surface area contributed by atoms with Crippen molar-refractivity contribution in [1.82, 2.24) is 9.97 Å². The van der Waals surface area contributed by atoms with E-state index in [2.05, 4.69) is 20.6 Å². The first kappa shape index (κ1) is 17.0. The summed E-state index contributed by atoms with van der Waals surface area (Å²) in [6.07, 6.45) is 0.590. The third kappa shape index (κ3) is 3.00. The quantitative estimate of drug-likeness (QED) is 0.469. The average molecular weight is 372 g/mol. The molecule has 4 atom stereocenters. The largest absolute Gasteiger partial charge is 0.394 e. The number of nitrogens with zero attached hydrogens (tertiary/aromatic N) is 3. The molecule has 0 unspecified atom stereocenters. The van der Waals surface area contributed by atoms with E-state index >= 15 is 0 Å². The highest BCUT2D eigenvalue weighted by atomic mass is 35.5. The van der Waals surface area contributed by atoms with E-state index in [4.69, 9.17) is 16.3 Å². The molecule has 2 aliphatic heterocycles. The lowest BCUT2D eigenvalue weighted by molar-refractivity contribution is -0.0219. The molecule has 2 fully saturated rings. The average Bonchev–Trinajstić information content (AvgIpc) is 3.29. The summed E-state index contributed by atoms with van der Waals surface area (Å²) >= 11 is 6.10. The van der Waals surface area contributed by atoms with Crippen molar-refractivity contribution in [3.05, 3.63) is 5.28 Å². The van der Waals surface area contributed by atoms with Gasteiger partial charge in [-0.25, -0.2) is 0 Å². The van der Waals surface area contributed by atoms with Crippen LogP contribution in [0.25, 0.3) is 0 Å². The molecule has 0 radical (unpaired) electrons. The molecule has 10 heteroatoms. The van der Waals surface area contributed by atoms with Crippen molar-refractivity contribution in [2.75, 3.05) is 28.8 Å². The predicted octanol–water partition coefficient (Wildman–Crippen LogP) is 0.113. The molecule has 5 N–H and O–H groups in total. The minimum absolute atomic E-state index is 0.0969. The molecular weight excluding hydrogens is 350 g/mol. The number of hydrogen-bond acceptors (Lipinski definition) is 9. The maximum absolute atomic E-state index is 10.3. The zero-order valence-electron chi connectivity index (χ0n) is 13.6. The Bertz CT molecular complexity index is 645. The zero-order chi connectivity index (χ0) is 17.6. The predicted molar refractivity (Wildman–Crippen MR) is 91.6 cm³/mol. The van der Waals surface area contributed by atoms with E-state index in [0.717, 1.165) is 12.8 Å². The van der Waals surface area contributed by atoms with Crippen molar-refractivity contribution in [1.29, 1.82) is 0 Å². The van der Waals surface area contributed by atoms with Crippen LogP contribution in [0.15, 0.2) is 0 Å². The van der Waals surface area contributed by atoms with Gasteiger partial charge in [-0.15, -0.1) is 0 Å². The van der Waals surface area contributed by atoms with Gasteiger partial charge < -0.3 is 35.6 Å². The molecule has 1 aromatic rings. The van der Waals surface area contributed by atoms with Crippen LogP contribution in [-0.2, 0) is 4.74 Å². The standard InChI is InChI=1S/C15H22ClN5O4/c16-15-19-12(18-7-3-1-2-4-7)9-13(20-15)21(6-17-9)14-11(24)10(23)8(5-22)25-14/h7-8,10-11,14,17,22-24H,1-6H2,(H,18,19,20)/t8-,10-,11-,14-/m1/s1. The topological polar surface area (TPSA) is 123 Å². The minimum Gasteiger partial charge on any atom is -0.394 e. The van der Waals surface area contributed by atoms with E-state index in [1.165, 1.54) is 12.8 Å². The Morgan fingerprint density at radius 3 is 2.68 bits per heavy atom. The Hall–Kier alpha value is -1.39. The third-order valence-electron chi connectivity index (χ3n) is 5.08. The van der Waals surface area contributed by atoms with E-state index in [-0.39, 0.29) is 11.9 Å². The first-order valence-electron chi connectivity index (χ1n) is 8.55. The molecule has 3 aliphatic rings. The van der Waals surface area contributed by atoms with Crippen LogP contribution in [0, 0.1) is 0 Å². The molecule has 1 saturated heterocycles. The Balaban J connectivity index is 1.60. The van der Waals surface area contributed by atoms with Crippen molar-refractivity contribution >= 4 is 28.9 Å². The number of ether oxygens (including phenoxy) is 1. The van der Waals surface area contributed by atoms with Crippen molar-refractivity contribution in [3.8, 4) is 0 Å². The number of hydrogen-bond donors (Lipinski definition) is 5. The van der Waals surface area contributed by atoms with Gasteiger partial charge in [0.05, 0.1) is 13.3 Å². The van der Waals surface area contributed by atoms with Gasteiger partial charge in [-0.05, 0) is 24.4 Å². The summed E-state index contributed by atoms with van der Waals surface area (Å²) in [6.45, 7) is -0.0435. The van der Waals surface area contributed by atoms with Crippen LogP contribution in [0.3, 0.4) is 0 Å². The van der Waals surface area contributed by atoms with Gasteiger partial charge in [-0.1, -0.05) is 12.8 Å². The molecule has 3 heterocycles. The van der Waals surface area contributed by atoms with Crippen LogP contribution >= 0.6 is 11.6 Å². The molecule has 0 bridgehead atoms. The van der Waals surface area contributed by atoms with Gasteiger partial charge >= 0.3 is 0 Å². The number of aliphatic hydroxyl groups excluding tert-OH is 3. The van der Waals surface area contributed by atoms with E-state index < -0.39 is 24.5 Å². The first-order valence-corrected chi connectivity index (χ1v) is 8.93. The molecule has 0 spiro atoms. The molecule has 1 aliphatic carbocycles. The highest BCUT2D eigenvalue weighted by molar-refractivity contribution is 6.28. The fraction of sp³-hybridized carbons (Fsp3) is 0.733. The third-order valence-corrected chi connectivity index (χ3v) is 5.25. The number of aliphatic hydroxyl groups is 3. The maximum atomic E-state index is 10.3. The Kier molecular flexibility index (Phi) is 4.59. The Labute approximate surface area is 150 Å². The summed E-state index contributed by atoms with van der Waals surface area (Å²) in [5.74, 6) is 1.14. The molecule has 1 saturated carbocycles. The minimum atomic E-state index is -1.16. The number of rotatable bonds is 4. The summed E-state index contributed by atoms with van der Waals surface area (Å²) in [7, 11) is 0. The molecular formula is C15H22ClN5O4. The number of halogens is 1. The molecule has 1 aromatic heterocycles. The second-order valence-electron chi connectivity index (χ2n) is 6.70. The van der Waals surface area contributed by atoms with Crippen LogP contribution < -0.4 is 15.5 Å². The summed E-state index contributed by atoms with van der Waals surface area (Å²) < 4.78 is 5.60. The van der Waals surface area contributed by atoms with Gasteiger partial charge in [0.25, 0.3) is 0 Å². The maximum Gasteiger partial charge on any atom is 0.226 e.